The molecular weight excluding hydrogens is 286 g/mol. The Labute approximate surface area is 129 Å². The second-order valence-electron chi connectivity index (χ2n) is 6.13. The fourth-order valence-electron chi connectivity index (χ4n) is 3.04. The minimum atomic E-state index is -3.31. The van der Waals surface area contributed by atoms with Gasteiger partial charge in [-0.1, -0.05) is 25.0 Å². The summed E-state index contributed by atoms with van der Waals surface area (Å²) in [5.41, 5.74) is 1.29. The Morgan fingerprint density at radius 2 is 2.14 bits per heavy atom. The topological polar surface area (TPSA) is 52.7 Å². The summed E-state index contributed by atoms with van der Waals surface area (Å²) >= 11 is 0. The largest absolute Gasteiger partial charge is 0.315 e. The molecule has 0 aliphatic carbocycles. The van der Waals surface area contributed by atoms with Crippen LogP contribution in [-0.4, -0.2) is 55.8 Å². The highest BCUT2D eigenvalue weighted by molar-refractivity contribution is 7.86. The van der Waals surface area contributed by atoms with E-state index >= 15 is 0 Å². The molecule has 0 bridgehead atoms. The summed E-state index contributed by atoms with van der Waals surface area (Å²) in [5, 5.41) is 3.38. The first-order valence-corrected chi connectivity index (χ1v) is 9.58. The Bertz CT molecular complexity index is 462. The highest BCUT2D eigenvalue weighted by Gasteiger charge is 2.36. The fraction of sp³-hybridized carbons (Fsp3) is 0.867. The lowest BCUT2D eigenvalue weighted by atomic mass is 10.1. The Morgan fingerprint density at radius 1 is 1.33 bits per heavy atom. The Balaban J connectivity index is 2.04. The molecule has 2 heterocycles. The van der Waals surface area contributed by atoms with E-state index in [0.29, 0.717) is 19.6 Å². The van der Waals surface area contributed by atoms with Gasteiger partial charge in [0.25, 0.3) is 10.2 Å². The van der Waals surface area contributed by atoms with Crippen molar-refractivity contribution in [3.63, 3.8) is 0 Å². The lowest BCUT2D eigenvalue weighted by Crippen LogP contribution is -2.54. The van der Waals surface area contributed by atoms with Crippen LogP contribution in [0, 0.1) is 0 Å². The lowest BCUT2D eigenvalue weighted by molar-refractivity contribution is 0.227. The second kappa shape index (κ2) is 7.72. The van der Waals surface area contributed by atoms with E-state index in [0.717, 1.165) is 45.2 Å². The molecule has 122 valence electrons. The summed E-state index contributed by atoms with van der Waals surface area (Å²) in [7, 11) is -3.31. The normalized spacial score (nSPS) is 25.8. The maximum atomic E-state index is 12.9. The third-order valence-corrected chi connectivity index (χ3v) is 6.46. The van der Waals surface area contributed by atoms with Gasteiger partial charge in [0, 0.05) is 32.2 Å². The number of hydrogen-bond donors (Lipinski definition) is 1. The molecule has 0 saturated carbocycles. The van der Waals surface area contributed by atoms with E-state index in [1.807, 2.05) is 6.08 Å². The van der Waals surface area contributed by atoms with Crippen molar-refractivity contribution in [1.29, 1.82) is 0 Å². The Hall–Kier alpha value is -0.430. The van der Waals surface area contributed by atoms with Crippen molar-refractivity contribution in [2.24, 2.45) is 0 Å². The van der Waals surface area contributed by atoms with E-state index in [1.54, 1.807) is 8.61 Å². The monoisotopic (exact) mass is 315 g/mol. The van der Waals surface area contributed by atoms with Gasteiger partial charge >= 0.3 is 0 Å². The van der Waals surface area contributed by atoms with E-state index in [4.69, 9.17) is 0 Å². The molecule has 2 rings (SSSR count). The third kappa shape index (κ3) is 4.28. The molecule has 1 unspecified atom stereocenters. The number of hydrogen-bond acceptors (Lipinski definition) is 3. The number of nitrogens with zero attached hydrogens (tertiary/aromatic N) is 2. The zero-order chi connectivity index (χ0) is 15.3. The van der Waals surface area contributed by atoms with Crippen LogP contribution < -0.4 is 5.32 Å². The zero-order valence-electron chi connectivity index (χ0n) is 13.3. The molecule has 2 aliphatic rings. The summed E-state index contributed by atoms with van der Waals surface area (Å²) in [6.45, 7) is 7.75. The standard InChI is InChI=1S/C15H29N3O2S/c1-3-9-16-13-15-6-4-5-10-18(15)21(19,20)17-11-7-14(2)8-12-17/h7,15-16H,3-6,8-13H2,1-2H3. The number of rotatable bonds is 6. The molecule has 0 radical (unpaired) electrons. The smallest absolute Gasteiger partial charge is 0.282 e. The zero-order valence-corrected chi connectivity index (χ0v) is 14.2. The summed E-state index contributed by atoms with van der Waals surface area (Å²) in [4.78, 5) is 0. The molecule has 1 atom stereocenters. The summed E-state index contributed by atoms with van der Waals surface area (Å²) in [5.74, 6) is 0. The molecule has 6 heteroatoms. The molecule has 1 N–H and O–H groups in total. The highest BCUT2D eigenvalue weighted by Crippen LogP contribution is 2.24. The predicted molar refractivity (Wildman–Crippen MR) is 86.4 cm³/mol. The molecular formula is C15H29N3O2S. The van der Waals surface area contributed by atoms with E-state index in [1.165, 1.54) is 5.57 Å². The van der Waals surface area contributed by atoms with Gasteiger partial charge in [0.15, 0.2) is 0 Å². The van der Waals surface area contributed by atoms with Crippen LogP contribution in [0.1, 0.15) is 46.0 Å². The van der Waals surface area contributed by atoms with Crippen molar-refractivity contribution in [3.05, 3.63) is 11.6 Å². The van der Waals surface area contributed by atoms with E-state index in [-0.39, 0.29) is 6.04 Å². The van der Waals surface area contributed by atoms with Crippen molar-refractivity contribution >= 4 is 10.2 Å². The lowest BCUT2D eigenvalue weighted by Gasteiger charge is -2.38. The van der Waals surface area contributed by atoms with E-state index < -0.39 is 10.2 Å². The van der Waals surface area contributed by atoms with Crippen LogP contribution in [0.25, 0.3) is 0 Å². The van der Waals surface area contributed by atoms with Crippen molar-refractivity contribution in [2.45, 2.75) is 52.0 Å². The molecule has 21 heavy (non-hydrogen) atoms. The van der Waals surface area contributed by atoms with Crippen LogP contribution >= 0.6 is 0 Å². The van der Waals surface area contributed by atoms with Gasteiger partial charge in [0.2, 0.25) is 0 Å². The van der Waals surface area contributed by atoms with Gasteiger partial charge in [0.1, 0.15) is 0 Å². The number of nitrogens with one attached hydrogen (secondary N) is 1. The Morgan fingerprint density at radius 3 is 2.81 bits per heavy atom. The van der Waals surface area contributed by atoms with Crippen LogP contribution in [0.4, 0.5) is 0 Å². The molecule has 0 amide bonds. The summed E-state index contributed by atoms with van der Waals surface area (Å²) in [6, 6.07) is 0.113. The van der Waals surface area contributed by atoms with Crippen LogP contribution in [-0.2, 0) is 10.2 Å². The fourth-order valence-corrected chi connectivity index (χ4v) is 4.84. The SMILES string of the molecule is CCCNCC1CCCCN1S(=O)(=O)N1CC=C(C)CC1. The first-order valence-electron chi connectivity index (χ1n) is 8.19. The van der Waals surface area contributed by atoms with Gasteiger partial charge in [-0.25, -0.2) is 0 Å². The minimum Gasteiger partial charge on any atom is -0.315 e. The van der Waals surface area contributed by atoms with Crippen molar-refractivity contribution in [1.82, 2.24) is 13.9 Å². The molecule has 5 nitrogen and oxygen atoms in total. The second-order valence-corrected chi connectivity index (χ2v) is 8.01. The van der Waals surface area contributed by atoms with Crippen LogP contribution in [0.2, 0.25) is 0 Å². The first kappa shape index (κ1) is 16.9. The average molecular weight is 315 g/mol. The average Bonchev–Trinajstić information content (AvgIpc) is 2.48. The number of piperidine rings is 1. The van der Waals surface area contributed by atoms with Gasteiger partial charge in [-0.05, 0) is 39.2 Å². The van der Waals surface area contributed by atoms with Crippen LogP contribution in [0.15, 0.2) is 11.6 Å². The molecule has 0 aromatic heterocycles. The summed E-state index contributed by atoms with van der Waals surface area (Å²) in [6.07, 6.45) is 7.05. The van der Waals surface area contributed by atoms with Crippen LogP contribution in [0.5, 0.6) is 0 Å². The van der Waals surface area contributed by atoms with Gasteiger partial charge in [-0.15, -0.1) is 0 Å². The van der Waals surface area contributed by atoms with Gasteiger partial charge in [-0.3, -0.25) is 0 Å². The first-order chi connectivity index (χ1) is 10.1. The predicted octanol–water partition coefficient (Wildman–Crippen LogP) is 1.74. The van der Waals surface area contributed by atoms with E-state index in [9.17, 15) is 8.42 Å². The maximum Gasteiger partial charge on any atom is 0.282 e. The van der Waals surface area contributed by atoms with E-state index in [2.05, 4.69) is 19.2 Å². The minimum absolute atomic E-state index is 0.113. The quantitative estimate of drug-likeness (QED) is 0.600. The molecule has 0 aromatic rings. The van der Waals surface area contributed by atoms with Gasteiger partial charge in [0.05, 0.1) is 0 Å². The van der Waals surface area contributed by atoms with Crippen LogP contribution in [0.3, 0.4) is 0 Å². The molecule has 2 aliphatic heterocycles. The molecule has 0 aromatic carbocycles. The van der Waals surface area contributed by atoms with Crippen molar-refractivity contribution < 1.29 is 8.42 Å². The summed E-state index contributed by atoms with van der Waals surface area (Å²) < 4.78 is 29.2. The highest BCUT2D eigenvalue weighted by atomic mass is 32.2. The third-order valence-electron chi connectivity index (χ3n) is 4.40. The molecule has 1 saturated heterocycles. The maximum absolute atomic E-state index is 12.9. The van der Waals surface area contributed by atoms with Gasteiger partial charge in [-0.2, -0.15) is 17.0 Å². The van der Waals surface area contributed by atoms with Crippen molar-refractivity contribution in [3.8, 4) is 0 Å². The molecule has 0 spiro atoms. The van der Waals surface area contributed by atoms with Gasteiger partial charge < -0.3 is 5.32 Å². The van der Waals surface area contributed by atoms with Crippen molar-refractivity contribution in [2.75, 3.05) is 32.7 Å². The molecule has 1 fully saturated rings. The Kier molecular flexibility index (Phi) is 6.22.